The lowest BCUT2D eigenvalue weighted by atomic mass is 10.2. The van der Waals surface area contributed by atoms with Crippen LogP contribution < -0.4 is 10.6 Å². The molecule has 1 aliphatic rings. The standard InChI is InChI=1S/C16H20N2O5/c1-11(19)18-13-6-4-12(5-7-13)16(21)23-10-15(20)17-9-14-3-2-8-22-14/h4-7,14H,2-3,8-10H2,1H3,(H,17,20)(H,18,19)/t14-/m0/s1. The third-order valence-corrected chi connectivity index (χ3v) is 3.33. The second-order valence-corrected chi connectivity index (χ2v) is 5.27. The first-order valence-electron chi connectivity index (χ1n) is 7.47. The molecule has 1 aliphatic heterocycles. The molecule has 7 heteroatoms. The average molecular weight is 320 g/mol. The molecule has 0 aliphatic carbocycles. The summed E-state index contributed by atoms with van der Waals surface area (Å²) in [5.41, 5.74) is 0.898. The average Bonchev–Trinajstić information content (AvgIpc) is 3.04. The lowest BCUT2D eigenvalue weighted by Crippen LogP contribution is -2.34. The molecule has 1 aromatic carbocycles. The van der Waals surface area contributed by atoms with Crippen LogP contribution in [0, 0.1) is 0 Å². The zero-order valence-electron chi connectivity index (χ0n) is 13.0. The highest BCUT2D eigenvalue weighted by atomic mass is 16.5. The van der Waals surface area contributed by atoms with Crippen LogP contribution in [0.3, 0.4) is 0 Å². The van der Waals surface area contributed by atoms with Gasteiger partial charge in [-0.25, -0.2) is 4.79 Å². The van der Waals surface area contributed by atoms with Crippen LogP contribution in [0.5, 0.6) is 0 Å². The Labute approximate surface area is 134 Å². The van der Waals surface area contributed by atoms with Crippen molar-refractivity contribution in [2.45, 2.75) is 25.9 Å². The Morgan fingerprint density at radius 1 is 1.26 bits per heavy atom. The number of rotatable bonds is 6. The minimum atomic E-state index is -0.591. The molecule has 0 radical (unpaired) electrons. The van der Waals surface area contributed by atoms with Crippen LogP contribution in [0.15, 0.2) is 24.3 Å². The molecule has 7 nitrogen and oxygen atoms in total. The first-order valence-corrected chi connectivity index (χ1v) is 7.47. The number of ether oxygens (including phenoxy) is 2. The number of amides is 2. The van der Waals surface area contributed by atoms with E-state index in [0.717, 1.165) is 19.4 Å². The summed E-state index contributed by atoms with van der Waals surface area (Å²) in [6.07, 6.45) is 1.99. The summed E-state index contributed by atoms with van der Waals surface area (Å²) < 4.78 is 10.3. The molecule has 0 unspecified atom stereocenters. The van der Waals surface area contributed by atoms with Crippen LogP contribution in [0.25, 0.3) is 0 Å². The van der Waals surface area contributed by atoms with Gasteiger partial charge < -0.3 is 20.1 Å². The highest BCUT2D eigenvalue weighted by Crippen LogP contribution is 2.11. The van der Waals surface area contributed by atoms with E-state index in [-0.39, 0.29) is 24.5 Å². The number of carbonyl (C=O) groups is 3. The Hall–Kier alpha value is -2.41. The van der Waals surface area contributed by atoms with E-state index in [1.165, 1.54) is 19.1 Å². The maximum absolute atomic E-state index is 11.8. The highest BCUT2D eigenvalue weighted by molar-refractivity contribution is 5.93. The first kappa shape index (κ1) is 17.0. The van der Waals surface area contributed by atoms with Crippen molar-refractivity contribution < 1.29 is 23.9 Å². The van der Waals surface area contributed by atoms with Gasteiger partial charge in [0.2, 0.25) is 5.91 Å². The third kappa shape index (κ3) is 5.71. The van der Waals surface area contributed by atoms with E-state index in [9.17, 15) is 14.4 Å². The van der Waals surface area contributed by atoms with Crippen LogP contribution in [0.2, 0.25) is 0 Å². The summed E-state index contributed by atoms with van der Waals surface area (Å²) in [5, 5.41) is 5.27. The Balaban J connectivity index is 1.72. The second kappa shape index (κ2) is 8.28. The summed E-state index contributed by atoms with van der Waals surface area (Å²) in [7, 11) is 0. The van der Waals surface area contributed by atoms with Crippen molar-refractivity contribution in [3.63, 3.8) is 0 Å². The number of benzene rings is 1. The Morgan fingerprint density at radius 3 is 2.61 bits per heavy atom. The van der Waals surface area contributed by atoms with Crippen LogP contribution in [0.4, 0.5) is 5.69 Å². The number of nitrogens with one attached hydrogen (secondary N) is 2. The zero-order chi connectivity index (χ0) is 16.7. The Morgan fingerprint density at radius 2 is 2.00 bits per heavy atom. The highest BCUT2D eigenvalue weighted by Gasteiger charge is 2.17. The summed E-state index contributed by atoms with van der Waals surface area (Å²) in [6, 6.07) is 6.24. The van der Waals surface area contributed by atoms with Crippen molar-refractivity contribution >= 4 is 23.5 Å². The molecule has 23 heavy (non-hydrogen) atoms. The zero-order valence-corrected chi connectivity index (χ0v) is 13.0. The summed E-state index contributed by atoms with van der Waals surface area (Å²) >= 11 is 0. The predicted molar refractivity (Wildman–Crippen MR) is 83.0 cm³/mol. The molecule has 0 saturated carbocycles. The maximum atomic E-state index is 11.8. The number of hydrogen-bond acceptors (Lipinski definition) is 5. The molecule has 1 atom stereocenters. The number of hydrogen-bond donors (Lipinski definition) is 2. The molecule has 1 heterocycles. The molecule has 2 rings (SSSR count). The van der Waals surface area contributed by atoms with Gasteiger partial charge in [-0.05, 0) is 37.1 Å². The van der Waals surface area contributed by atoms with Gasteiger partial charge >= 0.3 is 5.97 Å². The van der Waals surface area contributed by atoms with Crippen LogP contribution >= 0.6 is 0 Å². The van der Waals surface area contributed by atoms with Gasteiger partial charge in [-0.1, -0.05) is 0 Å². The molecule has 2 N–H and O–H groups in total. The topological polar surface area (TPSA) is 93.7 Å². The molecule has 1 fully saturated rings. The quantitative estimate of drug-likeness (QED) is 0.766. The SMILES string of the molecule is CC(=O)Nc1ccc(C(=O)OCC(=O)NC[C@@H]2CCCO2)cc1. The van der Waals surface area contributed by atoms with Crippen molar-refractivity contribution in [2.75, 3.05) is 25.1 Å². The van der Waals surface area contributed by atoms with Crippen LogP contribution in [-0.4, -0.2) is 43.6 Å². The summed E-state index contributed by atoms with van der Waals surface area (Å²) in [5.74, 6) is -1.14. The van der Waals surface area contributed by atoms with E-state index in [2.05, 4.69) is 10.6 Å². The molecule has 0 bridgehead atoms. The lowest BCUT2D eigenvalue weighted by Gasteiger charge is -2.11. The molecular formula is C16H20N2O5. The number of esters is 1. The fourth-order valence-corrected chi connectivity index (χ4v) is 2.19. The van der Waals surface area contributed by atoms with Crippen LogP contribution in [-0.2, 0) is 19.1 Å². The van der Waals surface area contributed by atoms with Gasteiger partial charge in [0.15, 0.2) is 6.61 Å². The van der Waals surface area contributed by atoms with Gasteiger partial charge in [-0.2, -0.15) is 0 Å². The van der Waals surface area contributed by atoms with E-state index >= 15 is 0 Å². The second-order valence-electron chi connectivity index (χ2n) is 5.27. The summed E-state index contributed by atoms with van der Waals surface area (Å²) in [4.78, 5) is 34.4. The van der Waals surface area contributed by atoms with Crippen LogP contribution in [0.1, 0.15) is 30.1 Å². The molecule has 1 aromatic rings. The fourth-order valence-electron chi connectivity index (χ4n) is 2.19. The smallest absolute Gasteiger partial charge is 0.338 e. The number of anilines is 1. The minimum Gasteiger partial charge on any atom is -0.452 e. The van der Waals surface area contributed by atoms with Gasteiger partial charge in [0.25, 0.3) is 5.91 Å². The Bertz CT molecular complexity index is 564. The van der Waals surface area contributed by atoms with Gasteiger partial charge in [0.1, 0.15) is 0 Å². The summed E-state index contributed by atoms with van der Waals surface area (Å²) in [6.45, 7) is 2.22. The van der Waals surface area contributed by atoms with E-state index in [0.29, 0.717) is 17.8 Å². The lowest BCUT2D eigenvalue weighted by molar-refractivity contribution is -0.124. The third-order valence-electron chi connectivity index (χ3n) is 3.33. The van der Waals surface area contributed by atoms with Crippen molar-refractivity contribution in [3.05, 3.63) is 29.8 Å². The molecule has 0 aromatic heterocycles. The molecule has 0 spiro atoms. The fraction of sp³-hybridized carbons (Fsp3) is 0.438. The monoisotopic (exact) mass is 320 g/mol. The van der Waals surface area contributed by atoms with Gasteiger partial charge in [0.05, 0.1) is 11.7 Å². The van der Waals surface area contributed by atoms with Crippen molar-refractivity contribution in [3.8, 4) is 0 Å². The molecule has 2 amide bonds. The predicted octanol–water partition coefficient (Wildman–Crippen LogP) is 1.10. The van der Waals surface area contributed by atoms with Crippen molar-refractivity contribution in [2.24, 2.45) is 0 Å². The minimum absolute atomic E-state index is 0.0518. The normalized spacial score (nSPS) is 16.7. The molecule has 124 valence electrons. The maximum Gasteiger partial charge on any atom is 0.338 e. The van der Waals surface area contributed by atoms with Gasteiger partial charge in [0, 0.05) is 25.8 Å². The van der Waals surface area contributed by atoms with E-state index in [1.54, 1.807) is 12.1 Å². The van der Waals surface area contributed by atoms with Crippen molar-refractivity contribution in [1.29, 1.82) is 0 Å². The largest absolute Gasteiger partial charge is 0.452 e. The molecule has 1 saturated heterocycles. The Kier molecular flexibility index (Phi) is 6.10. The van der Waals surface area contributed by atoms with Crippen molar-refractivity contribution in [1.82, 2.24) is 5.32 Å². The number of carbonyl (C=O) groups excluding carboxylic acids is 3. The van der Waals surface area contributed by atoms with E-state index in [4.69, 9.17) is 9.47 Å². The van der Waals surface area contributed by atoms with Gasteiger partial charge in [-0.15, -0.1) is 0 Å². The van der Waals surface area contributed by atoms with Gasteiger partial charge in [-0.3, -0.25) is 9.59 Å². The first-order chi connectivity index (χ1) is 11.0. The van der Waals surface area contributed by atoms with E-state index in [1.807, 2.05) is 0 Å². The molecular weight excluding hydrogens is 300 g/mol. The van der Waals surface area contributed by atoms with E-state index < -0.39 is 5.97 Å².